The van der Waals surface area contributed by atoms with Crippen LogP contribution in [-0.2, 0) is 14.8 Å². The summed E-state index contributed by atoms with van der Waals surface area (Å²) in [7, 11) is -3.66. The fraction of sp³-hybridized carbons (Fsp3) is 0.316. The Morgan fingerprint density at radius 2 is 1.76 bits per heavy atom. The van der Waals surface area contributed by atoms with Gasteiger partial charge in [-0.25, -0.2) is 13.1 Å². The quantitative estimate of drug-likeness (QED) is 0.522. The summed E-state index contributed by atoms with van der Waals surface area (Å²) in [6, 6.07) is 10.0. The number of anilines is 1. The molecule has 0 aliphatic carbocycles. The number of sulfonamides is 1. The summed E-state index contributed by atoms with van der Waals surface area (Å²) in [6.07, 6.45) is 0. The monoisotopic (exact) mass is 421 g/mol. The molecule has 0 atom stereocenters. The lowest BCUT2D eigenvalue weighted by atomic mass is 10.1. The molecule has 0 unspecified atom stereocenters. The fourth-order valence-corrected chi connectivity index (χ4v) is 3.89. The number of nitro benzene ring substituents is 1. The van der Waals surface area contributed by atoms with Gasteiger partial charge in [-0.1, -0.05) is 6.07 Å². The number of amides is 1. The fourth-order valence-electron chi connectivity index (χ4n) is 2.47. The average molecular weight is 421 g/mol. The first-order valence-electron chi connectivity index (χ1n) is 8.70. The van der Waals surface area contributed by atoms with Gasteiger partial charge in [-0.2, -0.15) is 0 Å². The molecule has 1 amide bonds. The van der Waals surface area contributed by atoms with Gasteiger partial charge in [-0.15, -0.1) is 0 Å². The van der Waals surface area contributed by atoms with Crippen LogP contribution < -0.4 is 14.8 Å². The first kappa shape index (κ1) is 22.3. The van der Waals surface area contributed by atoms with Crippen LogP contribution in [0.15, 0.2) is 47.4 Å². The Balaban J connectivity index is 2.00. The van der Waals surface area contributed by atoms with Gasteiger partial charge in [-0.3, -0.25) is 14.9 Å². The Morgan fingerprint density at radius 1 is 1.14 bits per heavy atom. The van der Waals surface area contributed by atoms with E-state index in [2.05, 4.69) is 10.0 Å². The van der Waals surface area contributed by atoms with E-state index in [1.165, 1.54) is 36.4 Å². The van der Waals surface area contributed by atoms with Gasteiger partial charge < -0.3 is 10.1 Å². The van der Waals surface area contributed by atoms with Crippen LogP contribution >= 0.6 is 0 Å². The van der Waals surface area contributed by atoms with Gasteiger partial charge in [0.2, 0.25) is 10.0 Å². The molecule has 156 valence electrons. The van der Waals surface area contributed by atoms with E-state index in [0.29, 0.717) is 17.0 Å². The van der Waals surface area contributed by atoms with Crippen molar-refractivity contribution in [1.82, 2.24) is 4.72 Å². The average Bonchev–Trinajstić information content (AvgIpc) is 2.60. The molecule has 0 aliphatic heterocycles. The Bertz CT molecular complexity index is 1010. The second kappa shape index (κ2) is 8.58. The Labute approximate surface area is 169 Å². The van der Waals surface area contributed by atoms with Crippen LogP contribution in [0, 0.1) is 17.0 Å². The molecule has 9 nitrogen and oxygen atoms in total. The summed E-state index contributed by atoms with van der Waals surface area (Å²) in [5.41, 5.74) is -0.0462. The second-order valence-corrected chi connectivity index (χ2v) is 9.05. The van der Waals surface area contributed by atoms with E-state index in [1.807, 2.05) is 0 Å². The minimum Gasteiger partial charge on any atom is -0.484 e. The van der Waals surface area contributed by atoms with Crippen LogP contribution in [0.4, 0.5) is 11.4 Å². The zero-order chi connectivity index (χ0) is 21.8. The van der Waals surface area contributed by atoms with Crippen LogP contribution in [0.1, 0.15) is 26.3 Å². The first-order valence-corrected chi connectivity index (χ1v) is 10.2. The van der Waals surface area contributed by atoms with E-state index in [1.54, 1.807) is 33.8 Å². The van der Waals surface area contributed by atoms with Crippen molar-refractivity contribution < 1.29 is 22.9 Å². The highest BCUT2D eigenvalue weighted by molar-refractivity contribution is 7.89. The molecule has 2 N–H and O–H groups in total. The number of rotatable bonds is 7. The zero-order valence-corrected chi connectivity index (χ0v) is 17.4. The van der Waals surface area contributed by atoms with Crippen molar-refractivity contribution in [2.24, 2.45) is 0 Å². The minimum atomic E-state index is -3.66. The van der Waals surface area contributed by atoms with Crippen molar-refractivity contribution in [2.45, 2.75) is 38.1 Å². The maximum atomic E-state index is 12.3. The van der Waals surface area contributed by atoms with Crippen LogP contribution in [0.3, 0.4) is 0 Å². The van der Waals surface area contributed by atoms with Crippen molar-refractivity contribution in [2.75, 3.05) is 11.9 Å². The van der Waals surface area contributed by atoms with Crippen molar-refractivity contribution in [1.29, 1.82) is 0 Å². The third kappa shape index (κ3) is 6.26. The summed E-state index contributed by atoms with van der Waals surface area (Å²) in [5.74, 6) is -0.190. The summed E-state index contributed by atoms with van der Waals surface area (Å²) in [5, 5.41) is 13.5. The van der Waals surface area contributed by atoms with Crippen LogP contribution in [0.2, 0.25) is 0 Å². The van der Waals surface area contributed by atoms with E-state index in [0.717, 1.165) is 0 Å². The Morgan fingerprint density at radius 3 is 2.31 bits per heavy atom. The summed E-state index contributed by atoms with van der Waals surface area (Å²) in [4.78, 5) is 22.6. The van der Waals surface area contributed by atoms with Gasteiger partial charge in [0.15, 0.2) is 6.61 Å². The normalized spacial score (nSPS) is 11.7. The van der Waals surface area contributed by atoms with Crippen molar-refractivity contribution in [3.05, 3.63) is 58.1 Å². The molecule has 0 aromatic heterocycles. The number of hydrogen-bond acceptors (Lipinski definition) is 6. The molecule has 0 saturated carbocycles. The maximum Gasteiger partial charge on any atom is 0.274 e. The summed E-state index contributed by atoms with van der Waals surface area (Å²) in [6.45, 7) is 6.42. The molecule has 0 fully saturated rings. The predicted molar refractivity (Wildman–Crippen MR) is 108 cm³/mol. The molecular weight excluding hydrogens is 398 g/mol. The smallest absolute Gasteiger partial charge is 0.274 e. The molecule has 0 saturated heterocycles. The third-order valence-electron chi connectivity index (χ3n) is 3.72. The van der Waals surface area contributed by atoms with Gasteiger partial charge in [0.25, 0.3) is 11.6 Å². The van der Waals surface area contributed by atoms with E-state index < -0.39 is 26.4 Å². The highest BCUT2D eigenvalue weighted by Gasteiger charge is 2.22. The van der Waals surface area contributed by atoms with Crippen molar-refractivity contribution in [3.8, 4) is 5.75 Å². The number of carbonyl (C=O) groups is 1. The molecule has 0 radical (unpaired) electrons. The van der Waals surface area contributed by atoms with Crippen LogP contribution in [-0.4, -0.2) is 31.4 Å². The lowest BCUT2D eigenvalue weighted by Crippen LogP contribution is -2.40. The zero-order valence-electron chi connectivity index (χ0n) is 16.6. The molecule has 2 aromatic rings. The molecule has 2 aromatic carbocycles. The van der Waals surface area contributed by atoms with E-state index in [-0.39, 0.29) is 17.2 Å². The van der Waals surface area contributed by atoms with E-state index in [4.69, 9.17) is 4.74 Å². The number of carbonyl (C=O) groups excluding carboxylic acids is 1. The number of ether oxygens (including phenoxy) is 1. The summed E-state index contributed by atoms with van der Waals surface area (Å²) < 4.78 is 32.5. The largest absolute Gasteiger partial charge is 0.484 e. The van der Waals surface area contributed by atoms with Gasteiger partial charge in [0, 0.05) is 11.6 Å². The molecule has 2 rings (SSSR count). The van der Waals surface area contributed by atoms with Gasteiger partial charge in [0.05, 0.1) is 21.1 Å². The molecule has 0 heterocycles. The predicted octanol–water partition coefficient (Wildman–Crippen LogP) is 3.00. The SMILES string of the molecule is Cc1c(NC(=O)COc2ccc(S(=O)(=O)NC(C)(C)C)cc2)cccc1[N+](=O)[O-]. The van der Waals surface area contributed by atoms with Gasteiger partial charge in [0.1, 0.15) is 5.75 Å². The number of hydrogen-bond donors (Lipinski definition) is 2. The third-order valence-corrected chi connectivity index (χ3v) is 5.49. The molecular formula is C19H23N3O6S. The summed E-state index contributed by atoms with van der Waals surface area (Å²) >= 11 is 0. The lowest BCUT2D eigenvalue weighted by molar-refractivity contribution is -0.385. The molecule has 0 aliphatic rings. The number of nitro groups is 1. The topological polar surface area (TPSA) is 128 Å². The minimum absolute atomic E-state index is 0.0800. The number of nitrogens with zero attached hydrogens (tertiary/aromatic N) is 1. The van der Waals surface area contributed by atoms with Crippen LogP contribution in [0.5, 0.6) is 5.75 Å². The van der Waals surface area contributed by atoms with Crippen LogP contribution in [0.25, 0.3) is 0 Å². The van der Waals surface area contributed by atoms with Gasteiger partial charge in [-0.05, 0) is 58.0 Å². The number of nitrogens with one attached hydrogen (secondary N) is 2. The maximum absolute atomic E-state index is 12.3. The molecule has 0 bridgehead atoms. The Hall–Kier alpha value is -2.98. The molecule has 10 heteroatoms. The number of benzene rings is 2. The standard InChI is InChI=1S/C19H23N3O6S/c1-13-16(6-5-7-17(13)22(24)25)20-18(23)12-28-14-8-10-15(11-9-14)29(26,27)21-19(2,3)4/h5-11,21H,12H2,1-4H3,(H,20,23). The second-order valence-electron chi connectivity index (χ2n) is 7.37. The highest BCUT2D eigenvalue weighted by atomic mass is 32.2. The Kier molecular flexibility index (Phi) is 6.60. The first-order chi connectivity index (χ1) is 13.4. The van der Waals surface area contributed by atoms with E-state index in [9.17, 15) is 23.3 Å². The van der Waals surface area contributed by atoms with Crippen molar-refractivity contribution in [3.63, 3.8) is 0 Å². The molecule has 29 heavy (non-hydrogen) atoms. The van der Waals surface area contributed by atoms with Crippen molar-refractivity contribution >= 4 is 27.3 Å². The molecule has 0 spiro atoms. The lowest BCUT2D eigenvalue weighted by Gasteiger charge is -2.20. The highest BCUT2D eigenvalue weighted by Crippen LogP contribution is 2.25. The van der Waals surface area contributed by atoms with Gasteiger partial charge >= 0.3 is 0 Å². The van der Waals surface area contributed by atoms with E-state index >= 15 is 0 Å².